The van der Waals surface area contributed by atoms with Crippen molar-refractivity contribution < 1.29 is 14.3 Å². The highest BCUT2D eigenvalue weighted by atomic mass is 16.7. The van der Waals surface area contributed by atoms with Crippen molar-refractivity contribution in [3.05, 3.63) is 35.9 Å². The van der Waals surface area contributed by atoms with Gasteiger partial charge in [0.15, 0.2) is 0 Å². The SMILES string of the molecule is COB(O)OCc1ccccc1. The zero-order chi connectivity index (χ0) is 8.81. The van der Waals surface area contributed by atoms with Crippen molar-refractivity contribution in [1.29, 1.82) is 0 Å². The van der Waals surface area contributed by atoms with Gasteiger partial charge in [0.05, 0.1) is 6.61 Å². The Kier molecular flexibility index (Phi) is 3.80. The Balaban J connectivity index is 2.33. The van der Waals surface area contributed by atoms with Crippen LogP contribution >= 0.6 is 0 Å². The number of rotatable bonds is 4. The van der Waals surface area contributed by atoms with Crippen LogP contribution in [0.4, 0.5) is 0 Å². The normalized spacial score (nSPS) is 9.83. The van der Waals surface area contributed by atoms with E-state index >= 15 is 0 Å². The van der Waals surface area contributed by atoms with E-state index in [0.717, 1.165) is 5.56 Å². The highest BCUT2D eigenvalue weighted by molar-refractivity contribution is 6.34. The monoisotopic (exact) mass is 166 g/mol. The Morgan fingerprint density at radius 3 is 2.58 bits per heavy atom. The molecule has 1 rings (SSSR count). The molecular weight excluding hydrogens is 155 g/mol. The van der Waals surface area contributed by atoms with E-state index < -0.39 is 7.32 Å². The van der Waals surface area contributed by atoms with Gasteiger partial charge < -0.3 is 14.3 Å². The standard InChI is InChI=1S/C8H11BO3/c1-11-9(10)12-7-8-5-3-2-4-6-8/h2-6,10H,7H2,1H3. The first-order valence-electron chi connectivity index (χ1n) is 3.69. The molecule has 0 aliphatic carbocycles. The molecule has 0 amide bonds. The van der Waals surface area contributed by atoms with Crippen molar-refractivity contribution in [2.24, 2.45) is 0 Å². The summed E-state index contributed by atoms with van der Waals surface area (Å²) in [6.07, 6.45) is 0. The lowest BCUT2D eigenvalue weighted by Crippen LogP contribution is -2.20. The Hall–Kier alpha value is -0.835. The van der Waals surface area contributed by atoms with E-state index in [1.54, 1.807) is 0 Å². The summed E-state index contributed by atoms with van der Waals surface area (Å²) in [5.41, 5.74) is 1.01. The smallest absolute Gasteiger partial charge is 0.402 e. The lowest BCUT2D eigenvalue weighted by Gasteiger charge is -2.04. The molecule has 64 valence electrons. The van der Waals surface area contributed by atoms with Gasteiger partial charge >= 0.3 is 7.32 Å². The second-order valence-electron chi connectivity index (χ2n) is 2.34. The maximum atomic E-state index is 8.87. The van der Waals surface area contributed by atoms with E-state index in [-0.39, 0.29) is 0 Å². The molecule has 0 aromatic heterocycles. The summed E-state index contributed by atoms with van der Waals surface area (Å²) >= 11 is 0. The summed E-state index contributed by atoms with van der Waals surface area (Å²) in [7, 11) is 0.251. The molecule has 0 fully saturated rings. The highest BCUT2D eigenvalue weighted by Gasteiger charge is 2.11. The van der Waals surface area contributed by atoms with E-state index in [2.05, 4.69) is 4.65 Å². The minimum Gasteiger partial charge on any atom is -0.402 e. The fourth-order valence-electron chi connectivity index (χ4n) is 0.810. The second kappa shape index (κ2) is 4.93. The Morgan fingerprint density at radius 2 is 2.00 bits per heavy atom. The lowest BCUT2D eigenvalue weighted by molar-refractivity contribution is 0.151. The van der Waals surface area contributed by atoms with Crippen molar-refractivity contribution in [2.45, 2.75) is 6.61 Å². The molecule has 0 heterocycles. The first kappa shape index (κ1) is 9.25. The molecular formula is C8H11BO3. The van der Waals surface area contributed by atoms with Crippen molar-refractivity contribution in [3.8, 4) is 0 Å². The van der Waals surface area contributed by atoms with Gasteiger partial charge in [-0.25, -0.2) is 0 Å². The van der Waals surface area contributed by atoms with Crippen LogP contribution in [0.25, 0.3) is 0 Å². The first-order chi connectivity index (χ1) is 5.83. The Morgan fingerprint density at radius 1 is 1.33 bits per heavy atom. The molecule has 0 bridgehead atoms. The van der Waals surface area contributed by atoms with Crippen LogP contribution in [0.3, 0.4) is 0 Å². The Labute approximate surface area is 72.1 Å². The average molecular weight is 166 g/mol. The second-order valence-corrected chi connectivity index (χ2v) is 2.34. The van der Waals surface area contributed by atoms with Crippen LogP contribution in [0, 0.1) is 0 Å². The number of hydrogen-bond acceptors (Lipinski definition) is 3. The zero-order valence-electron chi connectivity index (χ0n) is 6.93. The van der Waals surface area contributed by atoms with Crippen molar-refractivity contribution >= 4 is 7.32 Å². The first-order valence-corrected chi connectivity index (χ1v) is 3.69. The van der Waals surface area contributed by atoms with Gasteiger partial charge in [-0.15, -0.1) is 0 Å². The summed E-state index contributed by atoms with van der Waals surface area (Å²) in [6, 6.07) is 9.59. The fourth-order valence-corrected chi connectivity index (χ4v) is 0.810. The van der Waals surface area contributed by atoms with Crippen molar-refractivity contribution in [1.82, 2.24) is 0 Å². The molecule has 0 unspecified atom stereocenters. The molecule has 1 N–H and O–H groups in total. The lowest BCUT2D eigenvalue weighted by atomic mass is 10.2. The average Bonchev–Trinajstić information content (AvgIpc) is 2.16. The topological polar surface area (TPSA) is 38.7 Å². The minimum absolute atomic E-state index is 0.357. The quantitative estimate of drug-likeness (QED) is 0.673. The molecule has 0 saturated heterocycles. The van der Waals surface area contributed by atoms with Crippen LogP contribution in [0.2, 0.25) is 0 Å². The number of hydrogen-bond donors (Lipinski definition) is 1. The molecule has 3 nitrogen and oxygen atoms in total. The summed E-state index contributed by atoms with van der Waals surface area (Å²) in [4.78, 5) is 0. The van der Waals surface area contributed by atoms with Gasteiger partial charge in [0.25, 0.3) is 0 Å². The van der Waals surface area contributed by atoms with E-state index in [9.17, 15) is 0 Å². The van der Waals surface area contributed by atoms with Crippen LogP contribution in [0.15, 0.2) is 30.3 Å². The van der Waals surface area contributed by atoms with Gasteiger partial charge in [-0.2, -0.15) is 0 Å². The van der Waals surface area contributed by atoms with Gasteiger partial charge in [0, 0.05) is 7.11 Å². The fraction of sp³-hybridized carbons (Fsp3) is 0.250. The van der Waals surface area contributed by atoms with Crippen LogP contribution in [-0.2, 0) is 15.9 Å². The Bertz CT molecular complexity index is 215. The minimum atomic E-state index is -1.13. The van der Waals surface area contributed by atoms with E-state index in [4.69, 9.17) is 9.68 Å². The third kappa shape index (κ3) is 3.05. The predicted molar refractivity (Wildman–Crippen MR) is 46.2 cm³/mol. The summed E-state index contributed by atoms with van der Waals surface area (Å²) in [6.45, 7) is 0.357. The zero-order valence-corrected chi connectivity index (χ0v) is 6.93. The van der Waals surface area contributed by atoms with Gasteiger partial charge in [-0.1, -0.05) is 30.3 Å². The van der Waals surface area contributed by atoms with Crippen molar-refractivity contribution in [2.75, 3.05) is 7.11 Å². The molecule has 4 heteroatoms. The predicted octanol–water partition coefficient (Wildman–Crippen LogP) is 0.827. The maximum Gasteiger partial charge on any atom is 0.636 e. The van der Waals surface area contributed by atoms with E-state index in [0.29, 0.717) is 6.61 Å². The molecule has 0 aliphatic rings. The molecule has 0 aliphatic heterocycles. The number of benzene rings is 1. The molecule has 0 atom stereocenters. The third-order valence-corrected chi connectivity index (χ3v) is 1.44. The van der Waals surface area contributed by atoms with Gasteiger partial charge in [0.2, 0.25) is 0 Å². The largest absolute Gasteiger partial charge is 0.636 e. The highest BCUT2D eigenvalue weighted by Crippen LogP contribution is 2.00. The molecule has 0 saturated carbocycles. The van der Waals surface area contributed by atoms with Gasteiger partial charge in [-0.05, 0) is 5.56 Å². The molecule has 12 heavy (non-hydrogen) atoms. The molecule has 1 aromatic rings. The maximum absolute atomic E-state index is 8.87. The van der Waals surface area contributed by atoms with Gasteiger partial charge in [0.1, 0.15) is 0 Å². The van der Waals surface area contributed by atoms with Crippen LogP contribution in [-0.4, -0.2) is 19.5 Å². The summed E-state index contributed by atoms with van der Waals surface area (Å²) in [5.74, 6) is 0. The molecule has 1 aromatic carbocycles. The summed E-state index contributed by atoms with van der Waals surface area (Å²) < 4.78 is 9.42. The van der Waals surface area contributed by atoms with Crippen molar-refractivity contribution in [3.63, 3.8) is 0 Å². The van der Waals surface area contributed by atoms with Crippen LogP contribution in [0.1, 0.15) is 5.56 Å². The molecule has 0 radical (unpaired) electrons. The van der Waals surface area contributed by atoms with E-state index in [1.807, 2.05) is 30.3 Å². The molecule has 0 spiro atoms. The van der Waals surface area contributed by atoms with Gasteiger partial charge in [-0.3, -0.25) is 0 Å². The third-order valence-electron chi connectivity index (χ3n) is 1.44. The summed E-state index contributed by atoms with van der Waals surface area (Å²) in [5, 5.41) is 8.87. The van der Waals surface area contributed by atoms with Crippen LogP contribution in [0.5, 0.6) is 0 Å². The van der Waals surface area contributed by atoms with Crippen LogP contribution < -0.4 is 0 Å². The van der Waals surface area contributed by atoms with E-state index in [1.165, 1.54) is 7.11 Å².